The number of aliphatic hydroxyl groups excluding tert-OH is 1. The molecule has 47 heavy (non-hydrogen) atoms. The van der Waals surface area contributed by atoms with E-state index in [1.807, 2.05) is 50.2 Å². The Labute approximate surface area is 279 Å². The van der Waals surface area contributed by atoms with Gasteiger partial charge in [0, 0.05) is 13.0 Å². The minimum absolute atomic E-state index is 0.159. The van der Waals surface area contributed by atoms with Gasteiger partial charge in [0.2, 0.25) is 11.8 Å². The van der Waals surface area contributed by atoms with Crippen molar-refractivity contribution in [1.29, 1.82) is 0 Å². The number of cyclic esters (lactones) is 1. The van der Waals surface area contributed by atoms with Crippen molar-refractivity contribution < 1.29 is 33.8 Å². The molecule has 2 saturated heterocycles. The largest absolute Gasteiger partial charge is 0.455 e. The molecule has 6 rings (SSSR count). The van der Waals surface area contributed by atoms with Crippen LogP contribution in [0.1, 0.15) is 50.3 Å². The summed E-state index contributed by atoms with van der Waals surface area (Å²) in [7, 11) is 0. The van der Waals surface area contributed by atoms with Crippen molar-refractivity contribution in [2.75, 3.05) is 18.1 Å². The molecule has 4 aliphatic rings. The highest BCUT2D eigenvalue weighted by Crippen LogP contribution is 2.54. The summed E-state index contributed by atoms with van der Waals surface area (Å²) in [5.74, 6) is -3.98. The summed E-state index contributed by atoms with van der Waals surface area (Å²) in [6.45, 7) is 5.25. The molecule has 0 radical (unpaired) electrons. The lowest BCUT2D eigenvalue weighted by Gasteiger charge is -2.38. The van der Waals surface area contributed by atoms with Crippen molar-refractivity contribution in [3.8, 4) is 0 Å². The van der Waals surface area contributed by atoms with Crippen LogP contribution in [0, 0.1) is 18.8 Å². The Bertz CT molecular complexity index is 1590. The molecule has 11 heteroatoms. The van der Waals surface area contributed by atoms with Crippen LogP contribution >= 0.6 is 11.6 Å². The zero-order valence-electron chi connectivity index (χ0n) is 26.7. The van der Waals surface area contributed by atoms with E-state index in [1.165, 1.54) is 4.90 Å². The van der Waals surface area contributed by atoms with Crippen LogP contribution < -0.4 is 10.2 Å². The summed E-state index contributed by atoms with van der Waals surface area (Å²) in [6.07, 6.45) is 6.18. The Kier molecular flexibility index (Phi) is 9.29. The standard InChI is InChI=1S/C36H40ClN3O7/c1-4-24(20-41)40-32-34(44)39(30-21(2)12-10-15-25(30)37)19-11-18-36(32)29(33(40)43)28-26(47-36)16-8-9-17-27(42)38-22(3)31(46-35(28)45)23-13-6-5-7-14-23/h5-8,10-16,18,22,24,26,28-29,31-32,41H,4,9,17,19-20H2,1-3H3,(H,38,42)/b16-8-/t22-,24+,26-,28+,29+,31+,32-,36+/m1/s1. The smallest absolute Gasteiger partial charge is 0.313 e. The minimum atomic E-state index is -1.54. The number of hydrogen-bond acceptors (Lipinski definition) is 7. The molecule has 10 nitrogen and oxygen atoms in total. The number of ether oxygens (including phenoxy) is 2. The fourth-order valence-corrected chi connectivity index (χ4v) is 7.94. The number of para-hydroxylation sites is 1. The number of halogens is 1. The topological polar surface area (TPSA) is 125 Å². The van der Waals surface area contributed by atoms with E-state index in [-0.39, 0.29) is 25.5 Å². The summed E-state index contributed by atoms with van der Waals surface area (Å²) in [5.41, 5.74) is 0.447. The number of anilines is 1. The highest BCUT2D eigenvalue weighted by molar-refractivity contribution is 6.34. The minimum Gasteiger partial charge on any atom is -0.455 e. The molecule has 2 fully saturated rings. The average Bonchev–Trinajstić information content (AvgIpc) is 3.44. The van der Waals surface area contributed by atoms with Gasteiger partial charge in [0.25, 0.3) is 5.91 Å². The molecule has 0 saturated carbocycles. The molecule has 0 unspecified atom stereocenters. The third-order valence-corrected chi connectivity index (χ3v) is 10.1. The SMILES string of the molecule is CC[C@@H](CO)N1C(=O)[C@@H]2[C@H]3C(=O)O[C@H](c4ccccc4)[C@@H](C)NC(=O)CC/C=C\[C@H]3O[C@@]23C=CCN(c2c(C)cccc2Cl)C(=O)[C@@H]13. The van der Waals surface area contributed by atoms with Crippen LogP contribution in [0.4, 0.5) is 5.69 Å². The van der Waals surface area contributed by atoms with Gasteiger partial charge in [-0.05, 0) is 43.9 Å². The van der Waals surface area contributed by atoms with Gasteiger partial charge >= 0.3 is 5.97 Å². The average molecular weight is 662 g/mol. The van der Waals surface area contributed by atoms with E-state index in [4.69, 9.17) is 21.1 Å². The van der Waals surface area contributed by atoms with Crippen molar-refractivity contribution >= 4 is 41.0 Å². The van der Waals surface area contributed by atoms with Gasteiger partial charge in [-0.2, -0.15) is 0 Å². The molecular formula is C36H40ClN3O7. The Hall–Kier alpha value is -3.99. The van der Waals surface area contributed by atoms with E-state index in [0.29, 0.717) is 29.1 Å². The second-order valence-electron chi connectivity index (χ2n) is 12.7. The van der Waals surface area contributed by atoms with E-state index in [9.17, 15) is 24.3 Å². The monoisotopic (exact) mass is 661 g/mol. The molecule has 0 aliphatic carbocycles. The molecule has 4 aliphatic heterocycles. The quantitative estimate of drug-likeness (QED) is 0.366. The Balaban J connectivity index is 1.48. The second-order valence-corrected chi connectivity index (χ2v) is 13.1. The van der Waals surface area contributed by atoms with Crippen molar-refractivity contribution in [1.82, 2.24) is 10.2 Å². The number of allylic oxidation sites excluding steroid dienone is 1. The molecule has 0 aromatic heterocycles. The normalized spacial score (nSPS) is 32.3. The maximum atomic E-state index is 14.8. The van der Waals surface area contributed by atoms with Crippen molar-refractivity contribution in [3.05, 3.63) is 89.0 Å². The van der Waals surface area contributed by atoms with E-state index >= 15 is 0 Å². The van der Waals surface area contributed by atoms with E-state index in [2.05, 4.69) is 5.32 Å². The van der Waals surface area contributed by atoms with Crippen LogP contribution in [-0.4, -0.2) is 76.7 Å². The maximum absolute atomic E-state index is 14.8. The summed E-state index contributed by atoms with van der Waals surface area (Å²) in [4.78, 5) is 59.7. The number of likely N-dealkylation sites (tertiary alicyclic amines) is 1. The first-order chi connectivity index (χ1) is 22.6. The van der Waals surface area contributed by atoms with Crippen LogP contribution in [0.3, 0.4) is 0 Å². The molecule has 4 heterocycles. The molecule has 1 spiro atoms. The summed E-state index contributed by atoms with van der Waals surface area (Å²) in [6, 6.07) is 12.0. The molecule has 248 valence electrons. The lowest BCUT2D eigenvalue weighted by Crippen LogP contribution is -2.58. The third kappa shape index (κ3) is 5.66. The maximum Gasteiger partial charge on any atom is 0.313 e. The van der Waals surface area contributed by atoms with E-state index in [1.54, 1.807) is 48.3 Å². The Morgan fingerprint density at radius 2 is 1.83 bits per heavy atom. The molecule has 8 atom stereocenters. The highest BCUT2D eigenvalue weighted by Gasteiger charge is 2.72. The number of carbonyl (C=O) groups excluding carboxylic acids is 4. The van der Waals surface area contributed by atoms with Gasteiger partial charge in [-0.1, -0.05) is 85.3 Å². The van der Waals surface area contributed by atoms with Gasteiger partial charge in [0.05, 0.1) is 41.4 Å². The number of esters is 1. The lowest BCUT2D eigenvalue weighted by atomic mass is 9.77. The number of hydrogen-bond donors (Lipinski definition) is 2. The number of nitrogens with zero attached hydrogens (tertiary/aromatic N) is 2. The lowest BCUT2D eigenvalue weighted by molar-refractivity contribution is -0.161. The molecule has 2 aromatic carbocycles. The zero-order chi connectivity index (χ0) is 33.5. The molecule has 2 N–H and O–H groups in total. The van der Waals surface area contributed by atoms with Crippen molar-refractivity contribution in [3.63, 3.8) is 0 Å². The van der Waals surface area contributed by atoms with Crippen LogP contribution in [0.25, 0.3) is 0 Å². The third-order valence-electron chi connectivity index (χ3n) is 9.82. The summed E-state index contributed by atoms with van der Waals surface area (Å²) in [5, 5.41) is 13.8. The van der Waals surface area contributed by atoms with Gasteiger partial charge in [-0.3, -0.25) is 19.2 Å². The van der Waals surface area contributed by atoms with Crippen LogP contribution in [0.2, 0.25) is 5.02 Å². The predicted octanol–water partition coefficient (Wildman–Crippen LogP) is 4.04. The molecule has 3 amide bonds. The molecule has 2 aromatic rings. The van der Waals surface area contributed by atoms with Gasteiger partial charge in [-0.25, -0.2) is 0 Å². The summed E-state index contributed by atoms with van der Waals surface area (Å²) < 4.78 is 13.0. The van der Waals surface area contributed by atoms with Crippen molar-refractivity contribution in [2.24, 2.45) is 11.8 Å². The Morgan fingerprint density at radius 1 is 1.06 bits per heavy atom. The zero-order valence-corrected chi connectivity index (χ0v) is 27.4. The Morgan fingerprint density at radius 3 is 2.53 bits per heavy atom. The first-order valence-electron chi connectivity index (χ1n) is 16.2. The number of amides is 3. The fraction of sp³-hybridized carbons (Fsp3) is 0.444. The highest BCUT2D eigenvalue weighted by atomic mass is 35.5. The van der Waals surface area contributed by atoms with Gasteiger partial charge in [-0.15, -0.1) is 0 Å². The number of benzene rings is 2. The number of nitrogens with one attached hydrogen (secondary N) is 1. The molecular weight excluding hydrogens is 622 g/mol. The number of rotatable bonds is 5. The number of fused-ring (bicyclic) bond motifs is 2. The molecule has 0 bridgehead atoms. The van der Waals surface area contributed by atoms with Gasteiger partial charge in [0.15, 0.2) is 0 Å². The number of aliphatic hydroxyl groups is 1. The first-order valence-corrected chi connectivity index (χ1v) is 16.6. The van der Waals surface area contributed by atoms with E-state index in [0.717, 1.165) is 5.56 Å². The second kappa shape index (κ2) is 13.3. The van der Waals surface area contributed by atoms with Gasteiger partial charge < -0.3 is 29.7 Å². The van der Waals surface area contributed by atoms with Crippen LogP contribution in [0.5, 0.6) is 0 Å². The van der Waals surface area contributed by atoms with Crippen LogP contribution in [0.15, 0.2) is 72.8 Å². The first kappa shape index (κ1) is 32.9. The van der Waals surface area contributed by atoms with E-state index < -0.39 is 65.6 Å². The van der Waals surface area contributed by atoms with Crippen LogP contribution in [-0.2, 0) is 28.7 Å². The fourth-order valence-electron chi connectivity index (χ4n) is 7.62. The van der Waals surface area contributed by atoms with Gasteiger partial charge in [0.1, 0.15) is 23.7 Å². The number of carbonyl (C=O) groups is 4. The number of aryl methyl sites for hydroxylation is 1. The summed E-state index contributed by atoms with van der Waals surface area (Å²) >= 11 is 6.65. The predicted molar refractivity (Wildman–Crippen MR) is 175 cm³/mol. The van der Waals surface area contributed by atoms with Crippen molar-refractivity contribution in [2.45, 2.75) is 76.0 Å².